The molecule has 3 nitrogen and oxygen atoms in total. The van der Waals surface area contributed by atoms with Gasteiger partial charge in [-0.1, -0.05) is 24.3 Å². The number of anilines is 1. The van der Waals surface area contributed by atoms with E-state index < -0.39 is 0 Å². The molecule has 3 rings (SSSR count). The van der Waals surface area contributed by atoms with E-state index in [0.29, 0.717) is 0 Å². The summed E-state index contributed by atoms with van der Waals surface area (Å²) in [6.45, 7) is 3.86. The molecule has 0 bridgehead atoms. The smallest absolute Gasteiger partial charge is 0.205 e. The lowest BCUT2D eigenvalue weighted by Gasteiger charge is -2.11. The Labute approximate surface area is 92.6 Å². The highest BCUT2D eigenvalue weighted by atomic mass is 32.1. The van der Waals surface area contributed by atoms with E-state index in [4.69, 9.17) is 0 Å². The normalized spacial score (nSPS) is 14.3. The van der Waals surface area contributed by atoms with E-state index >= 15 is 0 Å². The molecule has 0 aliphatic carbocycles. The molecule has 0 amide bonds. The van der Waals surface area contributed by atoms with Gasteiger partial charge in [-0.3, -0.25) is 0 Å². The van der Waals surface area contributed by atoms with Crippen molar-refractivity contribution >= 4 is 16.7 Å². The Bertz CT molecular complexity index is 467. The van der Waals surface area contributed by atoms with Crippen LogP contribution < -0.4 is 4.90 Å². The summed E-state index contributed by atoms with van der Waals surface area (Å²) >= 11 is 1.48. The van der Waals surface area contributed by atoms with Gasteiger partial charge in [-0.2, -0.15) is 4.37 Å². The Morgan fingerprint density at radius 1 is 1.20 bits per heavy atom. The topological polar surface area (TPSA) is 29.0 Å². The molecule has 0 atom stereocenters. The number of fused-ring (bicyclic) bond motifs is 1. The Hall–Kier alpha value is -1.42. The van der Waals surface area contributed by atoms with E-state index in [1.54, 1.807) is 0 Å². The van der Waals surface area contributed by atoms with Crippen LogP contribution in [0.5, 0.6) is 0 Å². The van der Waals surface area contributed by atoms with Crippen LogP contribution in [0.2, 0.25) is 0 Å². The summed E-state index contributed by atoms with van der Waals surface area (Å²) in [4.78, 5) is 6.68. The van der Waals surface area contributed by atoms with Gasteiger partial charge in [-0.25, -0.2) is 4.98 Å². The lowest BCUT2D eigenvalue weighted by Crippen LogP contribution is -2.13. The van der Waals surface area contributed by atoms with Crippen LogP contribution in [-0.2, 0) is 13.1 Å². The number of aryl methyl sites for hydroxylation is 1. The lowest BCUT2D eigenvalue weighted by atomic mass is 10.1. The lowest BCUT2D eigenvalue weighted by molar-refractivity contribution is 0.868. The quantitative estimate of drug-likeness (QED) is 0.734. The highest BCUT2D eigenvalue weighted by Gasteiger charge is 2.20. The summed E-state index contributed by atoms with van der Waals surface area (Å²) in [6.07, 6.45) is 0. The predicted octanol–water partition coefficient (Wildman–Crippen LogP) is 2.37. The molecule has 1 aliphatic heterocycles. The van der Waals surface area contributed by atoms with Gasteiger partial charge >= 0.3 is 0 Å². The maximum absolute atomic E-state index is 4.41. The molecule has 1 aromatic carbocycles. The molecule has 1 aromatic heterocycles. The van der Waals surface area contributed by atoms with Gasteiger partial charge in [0.15, 0.2) is 0 Å². The van der Waals surface area contributed by atoms with Crippen molar-refractivity contribution in [1.82, 2.24) is 9.36 Å². The third-order valence-corrected chi connectivity index (χ3v) is 3.50. The Morgan fingerprint density at radius 3 is 2.40 bits per heavy atom. The predicted molar refractivity (Wildman–Crippen MR) is 61.0 cm³/mol. The number of hydrogen-bond donors (Lipinski definition) is 0. The summed E-state index contributed by atoms with van der Waals surface area (Å²) in [5, 5.41) is 1.03. The molecule has 76 valence electrons. The van der Waals surface area contributed by atoms with Gasteiger partial charge in [0.2, 0.25) is 5.13 Å². The first-order chi connectivity index (χ1) is 7.33. The van der Waals surface area contributed by atoms with Gasteiger partial charge in [0.1, 0.15) is 5.82 Å². The molecule has 0 radical (unpaired) electrons. The zero-order valence-corrected chi connectivity index (χ0v) is 9.29. The largest absolute Gasteiger partial charge is 0.338 e. The highest BCUT2D eigenvalue weighted by molar-refractivity contribution is 7.09. The van der Waals surface area contributed by atoms with Crippen LogP contribution in [0, 0.1) is 6.92 Å². The van der Waals surface area contributed by atoms with Crippen LogP contribution in [0.3, 0.4) is 0 Å². The molecular formula is C11H11N3S. The Kier molecular flexibility index (Phi) is 1.95. The first-order valence-electron chi connectivity index (χ1n) is 4.95. The summed E-state index contributed by atoms with van der Waals surface area (Å²) in [5.74, 6) is 0.867. The van der Waals surface area contributed by atoms with Crippen molar-refractivity contribution < 1.29 is 0 Å². The molecule has 4 heteroatoms. The van der Waals surface area contributed by atoms with Gasteiger partial charge in [0.05, 0.1) is 0 Å². The average Bonchev–Trinajstić information content (AvgIpc) is 2.82. The summed E-state index contributed by atoms with van der Waals surface area (Å²) in [6, 6.07) is 8.55. The maximum atomic E-state index is 4.41. The molecule has 15 heavy (non-hydrogen) atoms. The molecule has 0 fully saturated rings. The van der Waals surface area contributed by atoms with Crippen molar-refractivity contribution in [3.63, 3.8) is 0 Å². The van der Waals surface area contributed by atoms with Crippen molar-refractivity contribution in [2.24, 2.45) is 0 Å². The van der Waals surface area contributed by atoms with Crippen LogP contribution in [0.15, 0.2) is 24.3 Å². The van der Waals surface area contributed by atoms with Crippen LogP contribution in [-0.4, -0.2) is 9.36 Å². The number of aromatic nitrogens is 2. The van der Waals surface area contributed by atoms with Gasteiger partial charge in [0.25, 0.3) is 0 Å². The second kappa shape index (κ2) is 3.31. The number of rotatable bonds is 1. The van der Waals surface area contributed by atoms with Crippen molar-refractivity contribution in [2.45, 2.75) is 20.0 Å². The minimum Gasteiger partial charge on any atom is -0.338 e. The van der Waals surface area contributed by atoms with Crippen LogP contribution in [0.1, 0.15) is 17.0 Å². The first kappa shape index (κ1) is 8.85. The van der Waals surface area contributed by atoms with Gasteiger partial charge in [-0.15, -0.1) is 0 Å². The standard InChI is InChI=1S/C11H11N3S/c1-8-12-11(15-13-8)14-6-9-4-2-3-5-10(9)7-14/h2-5H,6-7H2,1H3. The van der Waals surface area contributed by atoms with Gasteiger partial charge < -0.3 is 4.90 Å². The molecule has 0 saturated carbocycles. The highest BCUT2D eigenvalue weighted by Crippen LogP contribution is 2.28. The summed E-state index contributed by atoms with van der Waals surface area (Å²) < 4.78 is 4.21. The maximum Gasteiger partial charge on any atom is 0.205 e. The van der Waals surface area contributed by atoms with E-state index in [1.165, 1.54) is 22.7 Å². The second-order valence-electron chi connectivity index (χ2n) is 3.75. The summed E-state index contributed by atoms with van der Waals surface area (Å²) in [7, 11) is 0. The van der Waals surface area contributed by atoms with Crippen molar-refractivity contribution in [3.05, 3.63) is 41.2 Å². The van der Waals surface area contributed by atoms with Crippen LogP contribution >= 0.6 is 11.5 Å². The molecule has 0 unspecified atom stereocenters. The fourth-order valence-corrected chi connectivity index (χ4v) is 2.56. The third-order valence-electron chi connectivity index (χ3n) is 2.63. The average molecular weight is 217 g/mol. The van der Waals surface area contributed by atoms with Crippen molar-refractivity contribution in [1.29, 1.82) is 0 Å². The number of nitrogens with zero attached hydrogens (tertiary/aromatic N) is 3. The molecule has 0 spiro atoms. The Balaban J connectivity index is 1.90. The molecule has 2 aromatic rings. The molecule has 0 N–H and O–H groups in total. The van der Waals surface area contributed by atoms with E-state index in [9.17, 15) is 0 Å². The van der Waals surface area contributed by atoms with E-state index in [1.807, 2.05) is 6.92 Å². The van der Waals surface area contributed by atoms with Crippen molar-refractivity contribution in [2.75, 3.05) is 4.90 Å². The summed E-state index contributed by atoms with van der Waals surface area (Å²) in [5.41, 5.74) is 2.82. The fraction of sp³-hybridized carbons (Fsp3) is 0.273. The van der Waals surface area contributed by atoms with E-state index in [2.05, 4.69) is 38.5 Å². The van der Waals surface area contributed by atoms with Crippen molar-refractivity contribution in [3.8, 4) is 0 Å². The monoisotopic (exact) mass is 217 g/mol. The fourth-order valence-electron chi connectivity index (χ4n) is 1.88. The van der Waals surface area contributed by atoms with E-state index in [-0.39, 0.29) is 0 Å². The zero-order valence-electron chi connectivity index (χ0n) is 8.47. The molecule has 1 aliphatic rings. The van der Waals surface area contributed by atoms with Crippen LogP contribution in [0.4, 0.5) is 5.13 Å². The van der Waals surface area contributed by atoms with Gasteiger partial charge in [-0.05, 0) is 18.1 Å². The third kappa shape index (κ3) is 1.51. The first-order valence-corrected chi connectivity index (χ1v) is 5.72. The van der Waals surface area contributed by atoms with Crippen LogP contribution in [0.25, 0.3) is 0 Å². The number of benzene rings is 1. The SMILES string of the molecule is Cc1nsc(N2Cc3ccccc3C2)n1. The minimum atomic E-state index is 0.867. The zero-order chi connectivity index (χ0) is 10.3. The Morgan fingerprint density at radius 2 is 1.87 bits per heavy atom. The van der Waals surface area contributed by atoms with E-state index in [0.717, 1.165) is 24.0 Å². The molecule has 0 saturated heterocycles. The minimum absolute atomic E-state index is 0.867. The number of hydrogen-bond acceptors (Lipinski definition) is 4. The second-order valence-corrected chi connectivity index (χ2v) is 4.48. The molecular weight excluding hydrogens is 206 g/mol. The van der Waals surface area contributed by atoms with Gasteiger partial charge in [0, 0.05) is 24.6 Å². The molecule has 2 heterocycles.